The summed E-state index contributed by atoms with van der Waals surface area (Å²) in [6.07, 6.45) is 2.22. The van der Waals surface area contributed by atoms with Crippen LogP contribution in [0.1, 0.15) is 32.8 Å². The summed E-state index contributed by atoms with van der Waals surface area (Å²) >= 11 is 0. The van der Waals surface area contributed by atoms with Gasteiger partial charge in [0, 0.05) is 24.7 Å². The smallest absolute Gasteiger partial charge is 0.273 e. The predicted octanol–water partition coefficient (Wildman–Crippen LogP) is 3.79. The van der Waals surface area contributed by atoms with Gasteiger partial charge in [-0.2, -0.15) is 0 Å². The third kappa shape index (κ3) is 5.81. The summed E-state index contributed by atoms with van der Waals surface area (Å²) in [6, 6.07) is 27.3. The fraction of sp³-hybridized carbons (Fsp3) is 0.229. The van der Waals surface area contributed by atoms with Gasteiger partial charge in [-0.05, 0) is 59.5 Å². The Kier molecular flexibility index (Phi) is 8.18. The Bertz CT molecular complexity index is 1660. The number of Topliss-reactive ketones (excluding diaryl/α,β-unsaturated/α-hetero) is 1. The molecule has 4 aromatic rings. The van der Waals surface area contributed by atoms with Crippen molar-refractivity contribution in [3.05, 3.63) is 120 Å². The number of amides is 3. The molecule has 3 amide bonds. The van der Waals surface area contributed by atoms with Gasteiger partial charge in [-0.3, -0.25) is 24.2 Å². The molecule has 9 nitrogen and oxygen atoms in total. The molecule has 2 aliphatic rings. The summed E-state index contributed by atoms with van der Waals surface area (Å²) in [6.45, 7) is 0.213. The molecule has 2 aliphatic heterocycles. The second-order valence-corrected chi connectivity index (χ2v) is 11.0. The van der Waals surface area contributed by atoms with Crippen LogP contribution in [0.2, 0.25) is 0 Å². The fourth-order valence-corrected chi connectivity index (χ4v) is 6.06. The normalized spacial score (nSPS) is 18.1. The van der Waals surface area contributed by atoms with Gasteiger partial charge in [0.15, 0.2) is 5.78 Å². The molecule has 9 heteroatoms. The van der Waals surface area contributed by atoms with E-state index in [9.17, 15) is 19.2 Å². The van der Waals surface area contributed by atoms with Crippen LogP contribution in [0.3, 0.4) is 0 Å². The van der Waals surface area contributed by atoms with Crippen molar-refractivity contribution in [3.8, 4) is 16.9 Å². The van der Waals surface area contributed by atoms with Gasteiger partial charge >= 0.3 is 0 Å². The van der Waals surface area contributed by atoms with Crippen LogP contribution in [-0.2, 0) is 16.0 Å². The second kappa shape index (κ2) is 12.5. The molecule has 2 saturated heterocycles. The van der Waals surface area contributed by atoms with Gasteiger partial charge in [-0.15, -0.1) is 0 Å². The number of benzene rings is 3. The van der Waals surface area contributed by atoms with Gasteiger partial charge in [0.1, 0.15) is 23.5 Å². The lowest BCUT2D eigenvalue weighted by atomic mass is 10.0. The molecule has 222 valence electrons. The minimum atomic E-state index is -0.934. The number of carbonyl (C=O) groups excluding carboxylic acids is 4. The number of hydrogen-bond donors (Lipinski definition) is 1. The van der Waals surface area contributed by atoms with E-state index >= 15 is 0 Å². The van der Waals surface area contributed by atoms with Gasteiger partial charge < -0.3 is 19.9 Å². The van der Waals surface area contributed by atoms with E-state index in [-0.39, 0.29) is 36.3 Å². The highest BCUT2D eigenvalue weighted by Gasteiger charge is 2.52. The summed E-state index contributed by atoms with van der Waals surface area (Å²) in [5.41, 5.74) is 3.51. The molecule has 0 saturated carbocycles. The highest BCUT2D eigenvalue weighted by atomic mass is 16.5. The molecule has 1 aromatic heterocycles. The quantitative estimate of drug-likeness (QED) is 0.336. The van der Waals surface area contributed by atoms with Crippen molar-refractivity contribution in [3.63, 3.8) is 0 Å². The molecular weight excluding hydrogens is 556 g/mol. The second-order valence-electron chi connectivity index (χ2n) is 11.0. The van der Waals surface area contributed by atoms with Gasteiger partial charge in [-0.25, -0.2) is 0 Å². The lowest BCUT2D eigenvalue weighted by Gasteiger charge is -2.28. The average molecular weight is 589 g/mol. The van der Waals surface area contributed by atoms with Crippen LogP contribution < -0.4 is 10.1 Å². The van der Waals surface area contributed by atoms with Gasteiger partial charge in [0.05, 0.1) is 19.7 Å². The van der Waals surface area contributed by atoms with E-state index < -0.39 is 24.0 Å². The summed E-state index contributed by atoms with van der Waals surface area (Å²) in [5, 5.41) is 2.94. The number of pyridine rings is 1. The number of rotatable bonds is 8. The molecular formula is C35H32N4O5. The maximum Gasteiger partial charge on any atom is 0.273 e. The molecule has 1 N–H and O–H groups in total. The Balaban J connectivity index is 1.22. The van der Waals surface area contributed by atoms with Crippen LogP contribution in [0, 0.1) is 0 Å². The number of nitrogens with zero attached hydrogens (tertiary/aromatic N) is 3. The average Bonchev–Trinajstić information content (AvgIpc) is 3.66. The zero-order valence-electron chi connectivity index (χ0n) is 24.3. The van der Waals surface area contributed by atoms with E-state index in [0.717, 1.165) is 16.7 Å². The van der Waals surface area contributed by atoms with Crippen molar-refractivity contribution < 1.29 is 23.9 Å². The molecule has 3 aromatic carbocycles. The van der Waals surface area contributed by atoms with E-state index in [1.165, 1.54) is 16.0 Å². The van der Waals surface area contributed by atoms with Crippen LogP contribution >= 0.6 is 0 Å². The number of ether oxygens (including phenoxy) is 1. The predicted molar refractivity (Wildman–Crippen MR) is 164 cm³/mol. The molecule has 0 aliphatic carbocycles. The van der Waals surface area contributed by atoms with Crippen molar-refractivity contribution in [2.75, 3.05) is 20.2 Å². The first kappa shape index (κ1) is 28.8. The molecule has 0 radical (unpaired) electrons. The first-order valence-corrected chi connectivity index (χ1v) is 14.6. The van der Waals surface area contributed by atoms with E-state index in [1.54, 1.807) is 49.6 Å². The highest BCUT2D eigenvalue weighted by molar-refractivity contribution is 6.03. The van der Waals surface area contributed by atoms with Gasteiger partial charge in [0.25, 0.3) is 11.8 Å². The number of hydrogen-bond acceptors (Lipinski definition) is 6. The van der Waals surface area contributed by atoms with E-state index in [1.807, 2.05) is 54.6 Å². The molecule has 3 unspecified atom stereocenters. The van der Waals surface area contributed by atoms with Crippen molar-refractivity contribution in [1.82, 2.24) is 20.1 Å². The molecule has 0 spiro atoms. The Morgan fingerprint density at radius 3 is 2.27 bits per heavy atom. The SMILES string of the molecule is COc1ccc(CC(NC(=O)c2ccc(-c3ccccc3)cc2)C(=O)N2CCC3C2C(=O)CN3C(=O)c2ccccn2)cc1. The first-order chi connectivity index (χ1) is 21.4. The zero-order valence-corrected chi connectivity index (χ0v) is 24.3. The van der Waals surface area contributed by atoms with E-state index in [0.29, 0.717) is 24.3 Å². The molecule has 44 heavy (non-hydrogen) atoms. The first-order valence-electron chi connectivity index (χ1n) is 14.6. The summed E-state index contributed by atoms with van der Waals surface area (Å²) in [4.78, 5) is 61.3. The number of aromatic nitrogens is 1. The van der Waals surface area contributed by atoms with E-state index in [2.05, 4.69) is 10.3 Å². The molecule has 0 bridgehead atoms. The number of carbonyl (C=O) groups is 4. The molecule has 6 rings (SSSR count). The number of methoxy groups -OCH3 is 1. The fourth-order valence-electron chi connectivity index (χ4n) is 6.06. The largest absolute Gasteiger partial charge is 0.497 e. The Morgan fingerprint density at radius 2 is 1.59 bits per heavy atom. The minimum Gasteiger partial charge on any atom is -0.497 e. The number of likely N-dealkylation sites (tertiary alicyclic amines) is 2. The Labute approximate surface area is 255 Å². The number of nitrogens with one attached hydrogen (secondary N) is 1. The standard InChI is InChI=1S/C35H32N4O5/c1-44-27-16-10-23(11-17-27)21-29(37-33(41)26-14-12-25(13-15-26)24-7-3-2-4-8-24)35(43)38-20-18-30-32(38)31(40)22-39(30)34(42)28-9-5-6-19-36-28/h2-17,19,29-30,32H,18,20-22H2,1H3,(H,37,41). The monoisotopic (exact) mass is 588 g/mol. The summed E-state index contributed by atoms with van der Waals surface area (Å²) < 4.78 is 5.27. The van der Waals surface area contributed by atoms with Crippen molar-refractivity contribution in [2.45, 2.75) is 31.0 Å². The zero-order chi connectivity index (χ0) is 30.6. The topological polar surface area (TPSA) is 109 Å². The van der Waals surface area contributed by atoms with Gasteiger partial charge in [-0.1, -0.05) is 60.7 Å². The number of ketones is 1. The summed E-state index contributed by atoms with van der Waals surface area (Å²) in [5.74, 6) is -0.602. The molecule has 3 atom stereocenters. The van der Waals surface area contributed by atoms with Gasteiger partial charge in [0.2, 0.25) is 5.91 Å². The Morgan fingerprint density at radius 1 is 0.886 bits per heavy atom. The lowest BCUT2D eigenvalue weighted by Crippen LogP contribution is -2.53. The van der Waals surface area contributed by atoms with Crippen molar-refractivity contribution >= 4 is 23.5 Å². The van der Waals surface area contributed by atoms with Crippen LogP contribution in [0.4, 0.5) is 0 Å². The maximum absolute atomic E-state index is 14.1. The Hall–Kier alpha value is -5.31. The number of fused-ring (bicyclic) bond motifs is 1. The van der Waals surface area contributed by atoms with Crippen molar-refractivity contribution in [2.24, 2.45) is 0 Å². The molecule has 2 fully saturated rings. The summed E-state index contributed by atoms with van der Waals surface area (Å²) in [7, 11) is 1.58. The van der Waals surface area contributed by atoms with E-state index in [4.69, 9.17) is 4.74 Å². The van der Waals surface area contributed by atoms with Crippen molar-refractivity contribution in [1.29, 1.82) is 0 Å². The van der Waals surface area contributed by atoms with Crippen LogP contribution in [0.25, 0.3) is 11.1 Å². The van der Waals surface area contributed by atoms with Crippen LogP contribution in [0.5, 0.6) is 5.75 Å². The third-order valence-corrected chi connectivity index (χ3v) is 8.31. The van der Waals surface area contributed by atoms with Crippen LogP contribution in [-0.4, -0.2) is 76.6 Å². The molecule has 3 heterocycles. The lowest BCUT2D eigenvalue weighted by molar-refractivity contribution is -0.138. The maximum atomic E-state index is 14.1. The minimum absolute atomic E-state index is 0.0855. The van der Waals surface area contributed by atoms with Crippen LogP contribution in [0.15, 0.2) is 103 Å². The third-order valence-electron chi connectivity index (χ3n) is 8.31. The highest BCUT2D eigenvalue weighted by Crippen LogP contribution is 2.31.